The molecule has 0 radical (unpaired) electrons. The van der Waals surface area contributed by atoms with Gasteiger partial charge in [0.05, 0.1) is 5.02 Å². The number of aromatic nitrogens is 1. The molecule has 1 aromatic rings. The molecule has 0 aliphatic carbocycles. The van der Waals surface area contributed by atoms with E-state index in [4.69, 9.17) is 16.3 Å². The van der Waals surface area contributed by atoms with Crippen LogP contribution in [0.25, 0.3) is 0 Å². The fourth-order valence-electron chi connectivity index (χ4n) is 2.10. The van der Waals surface area contributed by atoms with Crippen LogP contribution >= 0.6 is 11.6 Å². The maximum atomic E-state index is 14.2. The second-order valence-electron chi connectivity index (χ2n) is 6.56. The number of carbonyl (C=O) groups is 2. The van der Waals surface area contributed by atoms with Gasteiger partial charge in [-0.2, -0.15) is 0 Å². The van der Waals surface area contributed by atoms with Gasteiger partial charge >= 0.3 is 6.09 Å². The van der Waals surface area contributed by atoms with Gasteiger partial charge in [0.25, 0.3) is 5.91 Å². The van der Waals surface area contributed by atoms with Crippen molar-refractivity contribution < 1.29 is 23.8 Å². The number of ether oxygens (including phenoxy) is 1. The summed E-state index contributed by atoms with van der Waals surface area (Å²) in [5.41, 5.74) is -0.632. The minimum Gasteiger partial charge on any atom is -0.504 e. The molecule has 2 heterocycles. The van der Waals surface area contributed by atoms with E-state index in [0.717, 1.165) is 0 Å². The molecule has 0 spiro atoms. The highest BCUT2D eigenvalue weighted by Crippen LogP contribution is 2.27. The summed E-state index contributed by atoms with van der Waals surface area (Å²) in [5, 5.41) is 12.0. The molecule has 1 atom stereocenters. The first-order valence-electron chi connectivity index (χ1n) is 7.34. The van der Waals surface area contributed by atoms with Crippen LogP contribution in [-0.4, -0.2) is 51.9 Å². The number of carbonyl (C=O) groups excluding carboxylic acids is 2. The van der Waals surface area contributed by atoms with Gasteiger partial charge in [0.2, 0.25) is 0 Å². The molecule has 1 unspecified atom stereocenters. The summed E-state index contributed by atoms with van der Waals surface area (Å²) < 4.78 is 19.3. The Morgan fingerprint density at radius 2 is 2.12 bits per heavy atom. The number of anilines is 1. The number of nitrogens with zero attached hydrogens (tertiary/aromatic N) is 2. The fourth-order valence-corrected chi connectivity index (χ4v) is 2.25. The highest BCUT2D eigenvalue weighted by atomic mass is 35.5. The molecule has 1 aliphatic heterocycles. The molecule has 2 amide bonds. The number of hydrogen-bond donors (Lipinski definition) is 2. The first-order chi connectivity index (χ1) is 11.1. The average Bonchev–Trinajstić information content (AvgIpc) is 2.37. The molecule has 2 N–H and O–H groups in total. The van der Waals surface area contributed by atoms with Crippen molar-refractivity contribution >= 4 is 29.4 Å². The third-order valence-corrected chi connectivity index (χ3v) is 3.51. The van der Waals surface area contributed by atoms with E-state index in [-0.39, 0.29) is 29.7 Å². The number of rotatable bonds is 3. The van der Waals surface area contributed by atoms with Gasteiger partial charge in [-0.15, -0.1) is 0 Å². The topological polar surface area (TPSA) is 91.8 Å². The molecule has 1 aromatic heterocycles. The first-order valence-corrected chi connectivity index (χ1v) is 7.72. The molecule has 1 aliphatic rings. The Morgan fingerprint density at radius 1 is 1.50 bits per heavy atom. The Balaban J connectivity index is 1.86. The van der Waals surface area contributed by atoms with Gasteiger partial charge in [0, 0.05) is 31.3 Å². The van der Waals surface area contributed by atoms with Crippen molar-refractivity contribution in [3.8, 4) is 5.75 Å². The van der Waals surface area contributed by atoms with Crippen LogP contribution in [-0.2, 0) is 9.53 Å². The second kappa shape index (κ2) is 6.80. The highest BCUT2D eigenvalue weighted by molar-refractivity contribution is 6.30. The molecule has 0 aromatic carbocycles. The van der Waals surface area contributed by atoms with E-state index in [1.54, 1.807) is 20.8 Å². The number of nitrogens with one attached hydrogen (secondary N) is 1. The number of amides is 2. The fraction of sp³-hybridized carbons (Fsp3) is 0.533. The maximum absolute atomic E-state index is 14.2. The Labute approximate surface area is 143 Å². The predicted octanol–water partition coefficient (Wildman–Crippen LogP) is 2.58. The Hall–Kier alpha value is -2.09. The van der Waals surface area contributed by atoms with Crippen LogP contribution in [0.15, 0.2) is 12.3 Å². The van der Waals surface area contributed by atoms with Gasteiger partial charge in [-0.3, -0.25) is 4.79 Å². The quantitative estimate of drug-likeness (QED) is 0.865. The van der Waals surface area contributed by atoms with Crippen LogP contribution in [0.4, 0.5) is 15.0 Å². The van der Waals surface area contributed by atoms with Crippen LogP contribution < -0.4 is 5.32 Å². The lowest BCUT2D eigenvalue weighted by molar-refractivity contribution is -0.125. The summed E-state index contributed by atoms with van der Waals surface area (Å²) in [4.78, 5) is 28.7. The average molecular weight is 360 g/mol. The van der Waals surface area contributed by atoms with Crippen molar-refractivity contribution in [3.63, 3.8) is 0 Å². The van der Waals surface area contributed by atoms with Gasteiger partial charge in [-0.25, -0.2) is 14.2 Å². The molecule has 24 heavy (non-hydrogen) atoms. The van der Waals surface area contributed by atoms with Crippen molar-refractivity contribution in [2.24, 2.45) is 5.92 Å². The summed E-state index contributed by atoms with van der Waals surface area (Å²) in [6.07, 6.45) is -1.15. The standard InChI is InChI=1S/C15H19ClFN3O4/c1-15(2,3)24-14(23)20-6-8(7-20)11(17)13(22)19-12-10(21)4-9(16)5-18-12/h4-5,8,11,21H,6-7H2,1-3H3,(H,18,19,22). The molecule has 1 saturated heterocycles. The molecule has 9 heteroatoms. The largest absolute Gasteiger partial charge is 0.504 e. The third kappa shape index (κ3) is 4.47. The van der Waals surface area contributed by atoms with E-state index in [1.807, 2.05) is 0 Å². The number of alkyl halides is 1. The molecule has 132 valence electrons. The smallest absolute Gasteiger partial charge is 0.410 e. The summed E-state index contributed by atoms with van der Waals surface area (Å²) in [6, 6.07) is 1.19. The minimum atomic E-state index is -1.83. The number of hydrogen-bond acceptors (Lipinski definition) is 5. The van der Waals surface area contributed by atoms with Crippen molar-refractivity contribution in [1.29, 1.82) is 0 Å². The van der Waals surface area contributed by atoms with Crippen LogP contribution in [0.5, 0.6) is 5.75 Å². The summed E-state index contributed by atoms with van der Waals surface area (Å²) in [6.45, 7) is 5.38. The van der Waals surface area contributed by atoms with E-state index >= 15 is 0 Å². The normalized spacial score (nSPS) is 16.3. The molecular formula is C15H19ClFN3O4. The molecular weight excluding hydrogens is 341 g/mol. The number of likely N-dealkylation sites (tertiary alicyclic amines) is 1. The third-order valence-electron chi connectivity index (χ3n) is 3.30. The first kappa shape index (κ1) is 18.3. The van der Waals surface area contributed by atoms with Gasteiger partial charge < -0.3 is 20.1 Å². The van der Waals surface area contributed by atoms with Gasteiger partial charge in [0.15, 0.2) is 17.7 Å². The highest BCUT2D eigenvalue weighted by Gasteiger charge is 2.41. The molecule has 0 saturated carbocycles. The van der Waals surface area contributed by atoms with Crippen LogP contribution in [0.1, 0.15) is 20.8 Å². The van der Waals surface area contributed by atoms with E-state index in [2.05, 4.69) is 10.3 Å². The molecule has 1 fully saturated rings. The Kier molecular flexibility index (Phi) is 5.17. The Bertz CT molecular complexity index is 644. The lowest BCUT2D eigenvalue weighted by atomic mass is 9.94. The summed E-state index contributed by atoms with van der Waals surface area (Å²) in [5.74, 6) is -2.09. The molecule has 0 bridgehead atoms. The van der Waals surface area contributed by atoms with Gasteiger partial charge in [-0.05, 0) is 20.8 Å². The minimum absolute atomic E-state index is 0.0868. The lowest BCUT2D eigenvalue weighted by Crippen LogP contribution is -2.56. The van der Waals surface area contributed by atoms with Crippen LogP contribution in [0.2, 0.25) is 5.02 Å². The van der Waals surface area contributed by atoms with Crippen LogP contribution in [0.3, 0.4) is 0 Å². The zero-order chi connectivity index (χ0) is 18.1. The van der Waals surface area contributed by atoms with Crippen molar-refractivity contribution in [2.75, 3.05) is 18.4 Å². The van der Waals surface area contributed by atoms with E-state index in [0.29, 0.717) is 0 Å². The van der Waals surface area contributed by atoms with Crippen molar-refractivity contribution in [2.45, 2.75) is 32.5 Å². The maximum Gasteiger partial charge on any atom is 0.410 e. The van der Waals surface area contributed by atoms with Crippen molar-refractivity contribution in [1.82, 2.24) is 9.88 Å². The van der Waals surface area contributed by atoms with E-state index < -0.39 is 29.7 Å². The summed E-state index contributed by atoms with van der Waals surface area (Å²) in [7, 11) is 0. The number of halogens is 2. The van der Waals surface area contributed by atoms with Gasteiger partial charge in [-0.1, -0.05) is 11.6 Å². The SMILES string of the molecule is CC(C)(C)OC(=O)N1CC(C(F)C(=O)Nc2ncc(Cl)cc2O)C1. The molecule has 2 rings (SSSR count). The van der Waals surface area contributed by atoms with Crippen molar-refractivity contribution in [3.05, 3.63) is 17.3 Å². The number of aromatic hydroxyl groups is 1. The Morgan fingerprint density at radius 3 is 2.67 bits per heavy atom. The van der Waals surface area contributed by atoms with E-state index in [9.17, 15) is 19.1 Å². The van der Waals surface area contributed by atoms with Crippen LogP contribution in [0, 0.1) is 5.92 Å². The second-order valence-corrected chi connectivity index (χ2v) is 6.99. The van der Waals surface area contributed by atoms with Gasteiger partial charge in [0.1, 0.15) is 5.60 Å². The monoisotopic (exact) mass is 359 g/mol. The summed E-state index contributed by atoms with van der Waals surface area (Å²) >= 11 is 5.63. The molecule has 7 nitrogen and oxygen atoms in total. The zero-order valence-electron chi connectivity index (χ0n) is 13.5. The zero-order valence-corrected chi connectivity index (χ0v) is 14.3. The lowest BCUT2D eigenvalue weighted by Gasteiger charge is -2.40. The van der Waals surface area contributed by atoms with E-state index in [1.165, 1.54) is 17.2 Å². The number of pyridine rings is 1. The predicted molar refractivity (Wildman–Crippen MR) is 85.7 cm³/mol.